The summed E-state index contributed by atoms with van der Waals surface area (Å²) in [7, 11) is 0. The second-order valence-electron chi connectivity index (χ2n) is 4.68. The molecule has 0 fully saturated rings. The van der Waals surface area contributed by atoms with Crippen LogP contribution in [0.5, 0.6) is 0 Å². The van der Waals surface area contributed by atoms with E-state index in [4.69, 9.17) is 11.6 Å². The first-order valence-electron chi connectivity index (χ1n) is 6.29. The number of aromatic nitrogens is 1. The number of anilines is 1. The zero-order chi connectivity index (χ0) is 14.1. The molecule has 3 rings (SSSR count). The Morgan fingerprint density at radius 3 is 2.85 bits per heavy atom. The number of hydrogen-bond acceptors (Lipinski definition) is 1. The van der Waals surface area contributed by atoms with Gasteiger partial charge in [-0.05, 0) is 42.8 Å². The third-order valence-electron chi connectivity index (χ3n) is 3.21. The van der Waals surface area contributed by atoms with E-state index in [1.165, 1.54) is 0 Å². The van der Waals surface area contributed by atoms with Crippen LogP contribution in [0.1, 0.15) is 15.9 Å². The Morgan fingerprint density at radius 2 is 2.05 bits per heavy atom. The maximum Gasteiger partial charge on any atom is 0.256 e. The van der Waals surface area contributed by atoms with Crippen molar-refractivity contribution in [1.29, 1.82) is 0 Å². The quantitative estimate of drug-likeness (QED) is 0.720. The summed E-state index contributed by atoms with van der Waals surface area (Å²) in [4.78, 5) is 15.5. The van der Waals surface area contributed by atoms with E-state index in [-0.39, 0.29) is 5.91 Å². The Labute approximate surface area is 121 Å². The van der Waals surface area contributed by atoms with E-state index in [2.05, 4.69) is 10.3 Å². The van der Waals surface area contributed by atoms with E-state index >= 15 is 0 Å². The van der Waals surface area contributed by atoms with E-state index in [1.54, 1.807) is 6.07 Å². The minimum absolute atomic E-state index is 0.166. The molecular weight excluding hydrogens is 272 g/mol. The van der Waals surface area contributed by atoms with Crippen LogP contribution in [0.4, 0.5) is 5.69 Å². The zero-order valence-corrected chi connectivity index (χ0v) is 11.7. The highest BCUT2D eigenvalue weighted by Gasteiger charge is 2.12. The third kappa shape index (κ3) is 2.28. The normalized spacial score (nSPS) is 10.7. The van der Waals surface area contributed by atoms with Gasteiger partial charge in [-0.15, -0.1) is 0 Å². The fraction of sp³-hybridized carbons (Fsp3) is 0.0625. The highest BCUT2D eigenvalue weighted by Crippen LogP contribution is 2.24. The number of amides is 1. The van der Waals surface area contributed by atoms with Crippen LogP contribution >= 0.6 is 11.6 Å². The number of hydrogen-bond donors (Lipinski definition) is 2. The molecule has 2 aromatic carbocycles. The molecule has 0 spiro atoms. The number of rotatable bonds is 2. The maximum atomic E-state index is 12.4. The zero-order valence-electron chi connectivity index (χ0n) is 10.9. The van der Waals surface area contributed by atoms with E-state index < -0.39 is 0 Å². The molecule has 2 N–H and O–H groups in total. The summed E-state index contributed by atoms with van der Waals surface area (Å²) in [5, 5.41) is 4.29. The molecule has 0 aliphatic rings. The Balaban J connectivity index is 1.95. The van der Waals surface area contributed by atoms with Gasteiger partial charge in [0.05, 0.1) is 10.7 Å². The second kappa shape index (κ2) is 5.02. The van der Waals surface area contributed by atoms with Gasteiger partial charge in [0.2, 0.25) is 0 Å². The molecular formula is C16H13ClN2O. The number of fused-ring (bicyclic) bond motifs is 1. The SMILES string of the molecule is Cc1ccc(NC(=O)c2cccc3[nH]ccc23)c(Cl)c1. The maximum absolute atomic E-state index is 12.4. The van der Waals surface area contributed by atoms with Gasteiger partial charge in [-0.2, -0.15) is 0 Å². The molecule has 0 saturated heterocycles. The van der Waals surface area contributed by atoms with Gasteiger partial charge in [-0.25, -0.2) is 0 Å². The fourth-order valence-corrected chi connectivity index (χ4v) is 2.48. The standard InChI is InChI=1S/C16H13ClN2O/c1-10-5-6-15(13(17)9-10)19-16(20)12-3-2-4-14-11(12)7-8-18-14/h2-9,18H,1H3,(H,19,20). The topological polar surface area (TPSA) is 44.9 Å². The smallest absolute Gasteiger partial charge is 0.256 e. The number of benzene rings is 2. The second-order valence-corrected chi connectivity index (χ2v) is 5.09. The average Bonchev–Trinajstić information content (AvgIpc) is 2.90. The molecule has 1 heterocycles. The predicted molar refractivity (Wildman–Crippen MR) is 82.4 cm³/mol. The molecule has 3 nitrogen and oxygen atoms in total. The number of carbonyl (C=O) groups excluding carboxylic acids is 1. The van der Waals surface area contributed by atoms with Crippen LogP contribution in [0.15, 0.2) is 48.7 Å². The van der Waals surface area contributed by atoms with Crippen molar-refractivity contribution in [3.63, 3.8) is 0 Å². The first-order valence-corrected chi connectivity index (χ1v) is 6.66. The lowest BCUT2D eigenvalue weighted by molar-refractivity contribution is 0.102. The van der Waals surface area contributed by atoms with Gasteiger partial charge in [-0.3, -0.25) is 4.79 Å². The molecule has 1 amide bonds. The molecule has 1 aromatic heterocycles. The van der Waals surface area contributed by atoms with Crippen molar-refractivity contribution >= 4 is 34.1 Å². The number of aromatic amines is 1. The Morgan fingerprint density at radius 1 is 1.20 bits per heavy atom. The Kier molecular flexibility index (Phi) is 3.20. The summed E-state index contributed by atoms with van der Waals surface area (Å²) in [6, 6.07) is 13.0. The van der Waals surface area contributed by atoms with Crippen molar-refractivity contribution < 1.29 is 4.79 Å². The van der Waals surface area contributed by atoms with Crippen molar-refractivity contribution in [1.82, 2.24) is 4.98 Å². The van der Waals surface area contributed by atoms with Gasteiger partial charge in [0.25, 0.3) is 5.91 Å². The molecule has 0 bridgehead atoms. The van der Waals surface area contributed by atoms with Crippen molar-refractivity contribution in [3.8, 4) is 0 Å². The molecule has 20 heavy (non-hydrogen) atoms. The molecule has 3 aromatic rings. The minimum Gasteiger partial charge on any atom is -0.361 e. The van der Waals surface area contributed by atoms with Crippen LogP contribution in [0.3, 0.4) is 0 Å². The van der Waals surface area contributed by atoms with Crippen molar-refractivity contribution in [2.45, 2.75) is 6.92 Å². The Hall–Kier alpha value is -2.26. The van der Waals surface area contributed by atoms with E-state index in [9.17, 15) is 4.79 Å². The van der Waals surface area contributed by atoms with Crippen molar-refractivity contribution in [3.05, 3.63) is 64.8 Å². The van der Waals surface area contributed by atoms with Gasteiger partial charge < -0.3 is 10.3 Å². The molecule has 0 radical (unpaired) electrons. The van der Waals surface area contributed by atoms with E-state index in [1.807, 2.05) is 49.5 Å². The summed E-state index contributed by atoms with van der Waals surface area (Å²) in [5.41, 5.74) is 3.24. The molecule has 0 unspecified atom stereocenters. The van der Waals surface area contributed by atoms with Gasteiger partial charge in [0.15, 0.2) is 0 Å². The molecule has 0 atom stereocenters. The number of carbonyl (C=O) groups is 1. The van der Waals surface area contributed by atoms with Crippen LogP contribution in [-0.4, -0.2) is 10.9 Å². The van der Waals surface area contributed by atoms with Gasteiger partial charge >= 0.3 is 0 Å². The first-order chi connectivity index (χ1) is 9.65. The monoisotopic (exact) mass is 284 g/mol. The number of nitrogens with one attached hydrogen (secondary N) is 2. The predicted octanol–water partition coefficient (Wildman–Crippen LogP) is 4.38. The average molecular weight is 285 g/mol. The van der Waals surface area contributed by atoms with Crippen LogP contribution in [0, 0.1) is 6.92 Å². The largest absolute Gasteiger partial charge is 0.361 e. The van der Waals surface area contributed by atoms with Gasteiger partial charge in [-0.1, -0.05) is 23.7 Å². The van der Waals surface area contributed by atoms with Crippen molar-refractivity contribution in [2.24, 2.45) is 0 Å². The third-order valence-corrected chi connectivity index (χ3v) is 3.53. The lowest BCUT2D eigenvalue weighted by atomic mass is 10.1. The highest BCUT2D eigenvalue weighted by molar-refractivity contribution is 6.34. The lowest BCUT2D eigenvalue weighted by Crippen LogP contribution is -2.12. The minimum atomic E-state index is -0.166. The van der Waals surface area contributed by atoms with E-state index in [0.29, 0.717) is 16.3 Å². The molecule has 0 aliphatic heterocycles. The Bertz CT molecular complexity index is 792. The van der Waals surface area contributed by atoms with Gasteiger partial charge in [0, 0.05) is 22.7 Å². The van der Waals surface area contributed by atoms with Gasteiger partial charge in [0.1, 0.15) is 0 Å². The summed E-state index contributed by atoms with van der Waals surface area (Å²) in [6.07, 6.45) is 1.82. The summed E-state index contributed by atoms with van der Waals surface area (Å²) < 4.78 is 0. The fourth-order valence-electron chi connectivity index (χ4n) is 2.19. The van der Waals surface area contributed by atoms with Crippen molar-refractivity contribution in [2.75, 3.05) is 5.32 Å². The number of halogens is 1. The number of H-pyrrole nitrogens is 1. The summed E-state index contributed by atoms with van der Waals surface area (Å²) in [5.74, 6) is -0.166. The molecule has 0 aliphatic carbocycles. The summed E-state index contributed by atoms with van der Waals surface area (Å²) >= 11 is 6.14. The summed E-state index contributed by atoms with van der Waals surface area (Å²) in [6.45, 7) is 1.96. The molecule has 4 heteroatoms. The molecule has 0 saturated carbocycles. The first kappa shape index (κ1) is 12.8. The number of aryl methyl sites for hydroxylation is 1. The van der Waals surface area contributed by atoms with Crippen LogP contribution in [0.25, 0.3) is 10.9 Å². The van der Waals surface area contributed by atoms with Crippen LogP contribution < -0.4 is 5.32 Å². The van der Waals surface area contributed by atoms with Crippen LogP contribution in [0.2, 0.25) is 5.02 Å². The highest BCUT2D eigenvalue weighted by atomic mass is 35.5. The molecule has 100 valence electrons. The van der Waals surface area contributed by atoms with Crippen LogP contribution in [-0.2, 0) is 0 Å². The van der Waals surface area contributed by atoms with E-state index in [0.717, 1.165) is 16.5 Å². The lowest BCUT2D eigenvalue weighted by Gasteiger charge is -2.08.